The van der Waals surface area contributed by atoms with Crippen molar-refractivity contribution in [1.29, 1.82) is 0 Å². The van der Waals surface area contributed by atoms with Crippen LogP contribution in [0.5, 0.6) is 11.5 Å². The third-order valence-electron chi connectivity index (χ3n) is 2.47. The fourth-order valence-electron chi connectivity index (χ4n) is 1.47. The Kier molecular flexibility index (Phi) is 6.25. The van der Waals surface area contributed by atoms with Crippen molar-refractivity contribution >= 4 is 50.6 Å². The maximum absolute atomic E-state index is 11.6. The smallest absolute Gasteiger partial charge is 0.277 e. The number of benzene rings is 1. The number of hydrogen-bond acceptors (Lipinski definition) is 5. The van der Waals surface area contributed by atoms with Gasteiger partial charge in [0.05, 0.1) is 16.9 Å². The Labute approximate surface area is 149 Å². The van der Waals surface area contributed by atoms with Gasteiger partial charge in [0.15, 0.2) is 11.3 Å². The first-order valence-corrected chi connectivity index (χ1v) is 7.99. The molecule has 0 aliphatic heterocycles. The van der Waals surface area contributed by atoms with Crippen LogP contribution in [0.2, 0.25) is 0 Å². The second-order valence-electron chi connectivity index (χ2n) is 4.02. The van der Waals surface area contributed by atoms with Gasteiger partial charge in [-0.25, -0.2) is 5.43 Å². The molecule has 1 N–H and O–H groups in total. The zero-order chi connectivity index (χ0) is 15.9. The number of nitrogens with one attached hydrogen (secondary N) is 1. The van der Waals surface area contributed by atoms with Crippen LogP contribution in [0.15, 0.2) is 44.5 Å². The van der Waals surface area contributed by atoms with Crippen LogP contribution < -0.4 is 14.9 Å². The lowest BCUT2D eigenvalue weighted by Gasteiger charge is -2.08. The van der Waals surface area contributed by atoms with E-state index in [4.69, 9.17) is 13.9 Å². The molecule has 6 nitrogen and oxygen atoms in total. The lowest BCUT2D eigenvalue weighted by molar-refractivity contribution is -0.123. The van der Waals surface area contributed by atoms with Crippen LogP contribution in [0.3, 0.4) is 0 Å². The molecule has 116 valence electrons. The monoisotopic (exact) mass is 478 g/mol. The first kappa shape index (κ1) is 16.8. The number of hydrogen-bond donors (Lipinski definition) is 1. The molecule has 0 fully saturated rings. The molecule has 0 bridgehead atoms. The summed E-state index contributed by atoms with van der Waals surface area (Å²) >= 11 is 5.29. The fourth-order valence-corrected chi connectivity index (χ4v) is 2.43. The van der Waals surface area contributed by atoms with E-state index in [1.54, 1.807) is 31.4 Å². The number of amides is 1. The van der Waals surface area contributed by atoms with Crippen LogP contribution in [0.25, 0.3) is 0 Å². The van der Waals surface area contributed by atoms with Crippen LogP contribution >= 0.6 is 38.5 Å². The molecule has 2 rings (SSSR count). The van der Waals surface area contributed by atoms with Crippen molar-refractivity contribution in [2.45, 2.75) is 0 Å². The number of halogens is 2. The summed E-state index contributed by atoms with van der Waals surface area (Å²) in [6, 6.07) is 8.79. The second-order valence-corrected chi connectivity index (χ2v) is 5.96. The average molecular weight is 479 g/mol. The van der Waals surface area contributed by atoms with E-state index in [0.29, 0.717) is 16.2 Å². The molecule has 0 unspecified atom stereocenters. The van der Waals surface area contributed by atoms with Crippen LogP contribution in [-0.4, -0.2) is 25.8 Å². The summed E-state index contributed by atoms with van der Waals surface area (Å²) in [4.78, 5) is 11.6. The minimum Gasteiger partial charge on any atom is -0.497 e. The molecule has 0 spiro atoms. The van der Waals surface area contributed by atoms with Gasteiger partial charge in [0.25, 0.3) is 5.91 Å². The zero-order valence-corrected chi connectivity index (χ0v) is 15.3. The van der Waals surface area contributed by atoms with Crippen molar-refractivity contribution in [3.8, 4) is 11.5 Å². The molecule has 1 heterocycles. The van der Waals surface area contributed by atoms with E-state index >= 15 is 0 Å². The van der Waals surface area contributed by atoms with Gasteiger partial charge in [-0.15, -0.1) is 0 Å². The molecular formula is C14H12BrIN2O4. The molecule has 22 heavy (non-hydrogen) atoms. The van der Waals surface area contributed by atoms with Crippen LogP contribution in [0.1, 0.15) is 5.76 Å². The number of hydrazone groups is 1. The van der Waals surface area contributed by atoms with Gasteiger partial charge in [-0.3, -0.25) is 4.79 Å². The van der Waals surface area contributed by atoms with Crippen LogP contribution in [-0.2, 0) is 4.79 Å². The quantitative estimate of drug-likeness (QED) is 0.393. The van der Waals surface area contributed by atoms with Crippen molar-refractivity contribution in [2.24, 2.45) is 5.10 Å². The van der Waals surface area contributed by atoms with Gasteiger partial charge < -0.3 is 13.9 Å². The topological polar surface area (TPSA) is 73.1 Å². The van der Waals surface area contributed by atoms with Crippen LogP contribution in [0.4, 0.5) is 0 Å². The molecule has 0 atom stereocenters. The SMILES string of the molecule is COc1ccc(OCC(=O)N/N=C\c2ccc(Br)o2)c(I)c1. The summed E-state index contributed by atoms with van der Waals surface area (Å²) in [5.74, 6) is 1.50. The van der Waals surface area contributed by atoms with Crippen molar-refractivity contribution in [1.82, 2.24) is 5.43 Å². The number of ether oxygens (including phenoxy) is 2. The summed E-state index contributed by atoms with van der Waals surface area (Å²) < 4.78 is 17.2. The Morgan fingerprint density at radius 3 is 2.91 bits per heavy atom. The first-order chi connectivity index (χ1) is 10.6. The summed E-state index contributed by atoms with van der Waals surface area (Å²) in [6.45, 7) is -0.137. The highest BCUT2D eigenvalue weighted by Crippen LogP contribution is 2.25. The Hall–Kier alpha value is -1.55. The molecule has 0 radical (unpaired) electrons. The van der Waals surface area contributed by atoms with Gasteiger partial charge in [-0.1, -0.05) is 0 Å². The van der Waals surface area contributed by atoms with E-state index in [9.17, 15) is 4.79 Å². The Morgan fingerprint density at radius 1 is 1.45 bits per heavy atom. The number of methoxy groups -OCH3 is 1. The Bertz CT molecular complexity index is 687. The van der Waals surface area contributed by atoms with Crippen molar-refractivity contribution in [2.75, 3.05) is 13.7 Å². The fraction of sp³-hybridized carbons (Fsp3) is 0.143. The van der Waals surface area contributed by atoms with Crippen LogP contribution in [0, 0.1) is 3.57 Å². The Morgan fingerprint density at radius 2 is 2.27 bits per heavy atom. The number of furan rings is 1. The van der Waals surface area contributed by atoms with E-state index in [-0.39, 0.29) is 12.5 Å². The predicted octanol–water partition coefficient (Wildman–Crippen LogP) is 3.18. The predicted molar refractivity (Wildman–Crippen MR) is 93.4 cm³/mol. The number of nitrogens with zero attached hydrogens (tertiary/aromatic N) is 1. The summed E-state index contributed by atoms with van der Waals surface area (Å²) in [6.07, 6.45) is 1.40. The first-order valence-electron chi connectivity index (χ1n) is 6.12. The normalized spacial score (nSPS) is 10.7. The molecule has 2 aromatic rings. The number of rotatable bonds is 6. The molecule has 1 aromatic carbocycles. The highest BCUT2D eigenvalue weighted by atomic mass is 127. The van der Waals surface area contributed by atoms with Gasteiger partial charge in [-0.2, -0.15) is 5.10 Å². The summed E-state index contributed by atoms with van der Waals surface area (Å²) in [5.41, 5.74) is 2.36. The number of carbonyl (C=O) groups excluding carboxylic acids is 1. The van der Waals surface area contributed by atoms with Gasteiger partial charge in [0, 0.05) is 0 Å². The van der Waals surface area contributed by atoms with Gasteiger partial charge >= 0.3 is 0 Å². The minimum absolute atomic E-state index is 0.137. The largest absolute Gasteiger partial charge is 0.497 e. The van der Waals surface area contributed by atoms with Crippen molar-refractivity contribution < 1.29 is 18.7 Å². The van der Waals surface area contributed by atoms with E-state index in [1.807, 2.05) is 6.07 Å². The maximum Gasteiger partial charge on any atom is 0.277 e. The van der Waals surface area contributed by atoms with Crippen molar-refractivity contribution in [3.05, 3.63) is 44.3 Å². The second kappa shape index (κ2) is 8.18. The highest BCUT2D eigenvalue weighted by Gasteiger charge is 2.06. The highest BCUT2D eigenvalue weighted by molar-refractivity contribution is 14.1. The van der Waals surface area contributed by atoms with E-state index < -0.39 is 0 Å². The molecule has 8 heteroatoms. The molecule has 1 aromatic heterocycles. The third kappa shape index (κ3) is 5.02. The van der Waals surface area contributed by atoms with E-state index in [1.165, 1.54) is 6.21 Å². The van der Waals surface area contributed by atoms with E-state index in [2.05, 4.69) is 49.0 Å². The third-order valence-corrected chi connectivity index (χ3v) is 3.74. The average Bonchev–Trinajstić information content (AvgIpc) is 2.91. The molecule has 0 aliphatic rings. The van der Waals surface area contributed by atoms with Gasteiger partial charge in [0.1, 0.15) is 17.3 Å². The van der Waals surface area contributed by atoms with Crippen molar-refractivity contribution in [3.63, 3.8) is 0 Å². The van der Waals surface area contributed by atoms with Gasteiger partial charge in [0.2, 0.25) is 0 Å². The minimum atomic E-state index is -0.367. The standard InChI is InChI=1S/C14H12BrIN2O4/c1-20-9-2-4-12(11(16)6-9)21-8-14(19)18-17-7-10-3-5-13(15)22-10/h2-7H,8H2,1H3,(H,18,19)/b17-7-. The summed E-state index contributed by atoms with van der Waals surface area (Å²) in [5, 5.41) is 3.78. The number of carbonyl (C=O) groups is 1. The molecule has 1 amide bonds. The molecule has 0 aliphatic carbocycles. The zero-order valence-electron chi connectivity index (χ0n) is 11.5. The Balaban J connectivity index is 1.81. The lowest BCUT2D eigenvalue weighted by atomic mass is 10.3. The molecular weight excluding hydrogens is 467 g/mol. The summed E-state index contributed by atoms with van der Waals surface area (Å²) in [7, 11) is 1.59. The van der Waals surface area contributed by atoms with E-state index in [0.717, 1.165) is 9.32 Å². The van der Waals surface area contributed by atoms with Gasteiger partial charge in [-0.05, 0) is 68.9 Å². The molecule has 0 saturated carbocycles. The molecule has 0 saturated heterocycles. The maximum atomic E-state index is 11.6. The lowest BCUT2D eigenvalue weighted by Crippen LogP contribution is -2.24.